The van der Waals surface area contributed by atoms with Crippen molar-refractivity contribution in [3.8, 4) is 28.7 Å². The highest BCUT2D eigenvalue weighted by Crippen LogP contribution is 2.38. The fourth-order valence-electron chi connectivity index (χ4n) is 3.03. The molecule has 0 aliphatic rings. The van der Waals surface area contributed by atoms with Gasteiger partial charge >= 0.3 is 6.09 Å². The Morgan fingerprint density at radius 1 is 0.857 bits per heavy atom. The van der Waals surface area contributed by atoms with Gasteiger partial charge in [0.1, 0.15) is 12.2 Å². The lowest BCUT2D eigenvalue weighted by Gasteiger charge is -2.19. The molecular formula is C26H33NO8. The monoisotopic (exact) mass is 487 g/mol. The molecule has 0 saturated heterocycles. The van der Waals surface area contributed by atoms with E-state index in [2.05, 4.69) is 5.32 Å². The molecule has 9 nitrogen and oxygen atoms in total. The molecule has 0 aliphatic carbocycles. The van der Waals surface area contributed by atoms with Crippen molar-refractivity contribution in [2.24, 2.45) is 0 Å². The van der Waals surface area contributed by atoms with Crippen molar-refractivity contribution in [2.75, 3.05) is 41.6 Å². The first kappa shape index (κ1) is 27.4. The predicted molar refractivity (Wildman–Crippen MR) is 132 cm³/mol. The first-order chi connectivity index (χ1) is 16.6. The van der Waals surface area contributed by atoms with E-state index in [9.17, 15) is 9.59 Å². The number of hydrogen-bond donors (Lipinski definition) is 1. The number of nitrogens with one attached hydrogen (secondary N) is 1. The van der Waals surface area contributed by atoms with Gasteiger partial charge in [-0.15, -0.1) is 0 Å². The van der Waals surface area contributed by atoms with Crippen LogP contribution in [0.1, 0.15) is 36.7 Å². The lowest BCUT2D eigenvalue weighted by atomic mass is 10.1. The van der Waals surface area contributed by atoms with E-state index in [1.54, 1.807) is 57.2 Å². The molecule has 1 N–H and O–H groups in total. The van der Waals surface area contributed by atoms with Gasteiger partial charge in [-0.05, 0) is 56.7 Å². The minimum absolute atomic E-state index is 0.202. The van der Waals surface area contributed by atoms with Crippen LogP contribution in [0.15, 0.2) is 36.4 Å². The number of benzene rings is 2. The second kappa shape index (κ2) is 12.5. The Kier molecular flexibility index (Phi) is 9.81. The summed E-state index contributed by atoms with van der Waals surface area (Å²) < 4.78 is 32.2. The van der Waals surface area contributed by atoms with E-state index in [0.29, 0.717) is 34.3 Å². The number of allylic oxidation sites excluding steroid dienone is 1. The summed E-state index contributed by atoms with van der Waals surface area (Å²) in [5, 5.41) is 2.63. The topological polar surface area (TPSA) is 102 Å². The summed E-state index contributed by atoms with van der Waals surface area (Å²) in [5.74, 6) is 1.95. The minimum Gasteiger partial charge on any atom is -0.493 e. The highest BCUT2D eigenvalue weighted by Gasteiger charge is 2.17. The molecule has 1 amide bonds. The van der Waals surface area contributed by atoms with E-state index < -0.39 is 11.7 Å². The second-order valence-electron chi connectivity index (χ2n) is 8.30. The van der Waals surface area contributed by atoms with Crippen LogP contribution >= 0.6 is 0 Å². The van der Waals surface area contributed by atoms with Crippen LogP contribution in [0.25, 0.3) is 6.08 Å². The van der Waals surface area contributed by atoms with Gasteiger partial charge < -0.3 is 33.7 Å². The molecule has 0 bridgehead atoms. The molecule has 9 heteroatoms. The smallest absolute Gasteiger partial charge is 0.407 e. The molecule has 0 unspecified atom stereocenters. The Bertz CT molecular complexity index is 1030. The molecule has 2 aromatic rings. The van der Waals surface area contributed by atoms with Crippen LogP contribution in [0.5, 0.6) is 28.7 Å². The number of amides is 1. The Labute approximate surface area is 205 Å². The largest absolute Gasteiger partial charge is 0.493 e. The van der Waals surface area contributed by atoms with Gasteiger partial charge in [-0.3, -0.25) is 4.79 Å². The van der Waals surface area contributed by atoms with Crippen molar-refractivity contribution < 1.29 is 38.0 Å². The average molecular weight is 488 g/mol. The third kappa shape index (κ3) is 8.13. The van der Waals surface area contributed by atoms with Gasteiger partial charge in [0.05, 0.1) is 35.0 Å². The number of methoxy groups -OCH3 is 4. The molecule has 0 fully saturated rings. The van der Waals surface area contributed by atoms with Crippen LogP contribution in [0.2, 0.25) is 0 Å². The fraction of sp³-hybridized carbons (Fsp3) is 0.385. The van der Waals surface area contributed by atoms with Crippen LogP contribution in [0.3, 0.4) is 0 Å². The highest BCUT2D eigenvalue weighted by atomic mass is 16.6. The normalized spacial score (nSPS) is 11.1. The zero-order valence-electron chi connectivity index (χ0n) is 21.2. The SMILES string of the molecule is COc1ccc(/C=C/C(=O)c2cc(OC)c(OC)c(OC)c2)cc1OCCNC(=O)OC(C)(C)C. The van der Waals surface area contributed by atoms with Crippen molar-refractivity contribution in [1.82, 2.24) is 5.32 Å². The third-order valence-corrected chi connectivity index (χ3v) is 4.59. The van der Waals surface area contributed by atoms with Gasteiger partial charge in [0.15, 0.2) is 28.8 Å². The van der Waals surface area contributed by atoms with E-state index in [0.717, 1.165) is 5.56 Å². The fourth-order valence-corrected chi connectivity index (χ4v) is 3.03. The van der Waals surface area contributed by atoms with E-state index >= 15 is 0 Å². The Hall–Kier alpha value is -3.88. The highest BCUT2D eigenvalue weighted by molar-refractivity contribution is 6.07. The molecule has 0 spiro atoms. The molecule has 0 radical (unpaired) electrons. The zero-order valence-corrected chi connectivity index (χ0v) is 21.2. The average Bonchev–Trinajstić information content (AvgIpc) is 2.83. The summed E-state index contributed by atoms with van der Waals surface area (Å²) >= 11 is 0. The molecule has 190 valence electrons. The summed E-state index contributed by atoms with van der Waals surface area (Å²) in [6, 6.07) is 8.46. The zero-order chi connectivity index (χ0) is 26.0. The number of carbonyl (C=O) groups is 2. The molecule has 0 heterocycles. The van der Waals surface area contributed by atoms with Gasteiger partial charge in [-0.1, -0.05) is 12.1 Å². The number of rotatable bonds is 11. The summed E-state index contributed by atoms with van der Waals surface area (Å²) in [5.41, 5.74) is 0.532. The summed E-state index contributed by atoms with van der Waals surface area (Å²) in [6.07, 6.45) is 2.59. The van der Waals surface area contributed by atoms with Gasteiger partial charge in [0.2, 0.25) is 5.75 Å². The molecular weight excluding hydrogens is 454 g/mol. The van der Waals surface area contributed by atoms with Gasteiger partial charge in [0.25, 0.3) is 0 Å². The Morgan fingerprint density at radius 2 is 1.49 bits per heavy atom. The van der Waals surface area contributed by atoms with Crippen LogP contribution in [0.4, 0.5) is 4.79 Å². The molecule has 0 aliphatic heterocycles. The molecule has 35 heavy (non-hydrogen) atoms. The number of ether oxygens (including phenoxy) is 6. The lowest BCUT2D eigenvalue weighted by Crippen LogP contribution is -2.34. The van der Waals surface area contributed by atoms with Gasteiger partial charge in [-0.2, -0.15) is 0 Å². The number of hydrogen-bond acceptors (Lipinski definition) is 8. The molecule has 2 aromatic carbocycles. The molecule has 0 aromatic heterocycles. The maximum absolute atomic E-state index is 12.8. The van der Waals surface area contributed by atoms with E-state index in [1.165, 1.54) is 34.5 Å². The molecule has 2 rings (SSSR count). The van der Waals surface area contributed by atoms with Crippen LogP contribution in [-0.2, 0) is 4.74 Å². The summed E-state index contributed by atoms with van der Waals surface area (Å²) in [6.45, 7) is 5.82. The Morgan fingerprint density at radius 3 is 2.03 bits per heavy atom. The maximum atomic E-state index is 12.8. The number of carbonyl (C=O) groups excluding carboxylic acids is 2. The van der Waals surface area contributed by atoms with Crippen LogP contribution in [0, 0.1) is 0 Å². The Balaban J connectivity index is 2.10. The first-order valence-electron chi connectivity index (χ1n) is 10.9. The van der Waals surface area contributed by atoms with Crippen LogP contribution < -0.4 is 29.0 Å². The minimum atomic E-state index is -0.575. The van der Waals surface area contributed by atoms with Crippen LogP contribution in [-0.4, -0.2) is 59.1 Å². The van der Waals surface area contributed by atoms with Gasteiger partial charge in [-0.25, -0.2) is 4.79 Å². The van der Waals surface area contributed by atoms with Crippen molar-refractivity contribution in [2.45, 2.75) is 26.4 Å². The van der Waals surface area contributed by atoms with E-state index in [-0.39, 0.29) is 18.9 Å². The third-order valence-electron chi connectivity index (χ3n) is 4.59. The quantitative estimate of drug-likeness (QED) is 0.280. The van der Waals surface area contributed by atoms with E-state index in [4.69, 9.17) is 28.4 Å². The predicted octanol–water partition coefficient (Wildman–Crippen LogP) is 4.52. The number of alkyl carbamates (subject to hydrolysis) is 1. The maximum Gasteiger partial charge on any atom is 0.407 e. The lowest BCUT2D eigenvalue weighted by molar-refractivity contribution is 0.0520. The van der Waals surface area contributed by atoms with E-state index in [1.807, 2.05) is 0 Å². The van der Waals surface area contributed by atoms with Gasteiger partial charge in [0, 0.05) is 5.56 Å². The number of ketones is 1. The molecule has 0 atom stereocenters. The molecule has 0 saturated carbocycles. The summed E-state index contributed by atoms with van der Waals surface area (Å²) in [7, 11) is 6.01. The van der Waals surface area contributed by atoms with Crippen molar-refractivity contribution in [3.05, 3.63) is 47.5 Å². The standard InChI is InChI=1S/C26H33NO8/c1-26(2,3)35-25(29)27-12-13-34-21-14-17(9-11-20(21)30-4)8-10-19(28)18-15-22(31-5)24(33-7)23(16-18)32-6/h8-11,14-16H,12-13H2,1-7H3,(H,27,29)/b10-8+. The second-order valence-corrected chi connectivity index (χ2v) is 8.30. The van der Waals surface area contributed by atoms with Crippen molar-refractivity contribution in [3.63, 3.8) is 0 Å². The van der Waals surface area contributed by atoms with Crippen molar-refractivity contribution >= 4 is 18.0 Å². The first-order valence-corrected chi connectivity index (χ1v) is 10.9. The summed E-state index contributed by atoms with van der Waals surface area (Å²) in [4.78, 5) is 24.5. The van der Waals surface area contributed by atoms with Crippen molar-refractivity contribution in [1.29, 1.82) is 0 Å².